The van der Waals surface area contributed by atoms with Crippen molar-refractivity contribution in [1.82, 2.24) is 4.98 Å². The van der Waals surface area contributed by atoms with Crippen LogP contribution in [0.25, 0.3) is 0 Å². The maximum Gasteiger partial charge on any atom is 0.340 e. The van der Waals surface area contributed by atoms with E-state index < -0.39 is 18.0 Å². The van der Waals surface area contributed by atoms with Crippen molar-refractivity contribution in [3.05, 3.63) is 56.8 Å². The van der Waals surface area contributed by atoms with Crippen molar-refractivity contribution < 1.29 is 14.3 Å². The van der Waals surface area contributed by atoms with E-state index in [-0.39, 0.29) is 15.7 Å². The van der Waals surface area contributed by atoms with Crippen molar-refractivity contribution in [2.24, 2.45) is 0 Å². The van der Waals surface area contributed by atoms with Crippen LogP contribution in [0.4, 0.5) is 5.69 Å². The van der Waals surface area contributed by atoms with Crippen molar-refractivity contribution in [2.75, 3.05) is 5.32 Å². The number of nitrogens with zero attached hydrogens (tertiary/aromatic N) is 1. The van der Waals surface area contributed by atoms with Crippen LogP contribution in [0.15, 0.2) is 24.4 Å². The van der Waals surface area contributed by atoms with Crippen LogP contribution in [0.1, 0.15) is 34.0 Å². The Labute approximate surface area is 156 Å². The van der Waals surface area contributed by atoms with Gasteiger partial charge < -0.3 is 10.1 Å². The first-order chi connectivity index (χ1) is 11.7. The van der Waals surface area contributed by atoms with Gasteiger partial charge in [-0.25, -0.2) is 9.78 Å². The molecule has 2 rings (SSSR count). The lowest BCUT2D eigenvalue weighted by Crippen LogP contribution is -2.30. The van der Waals surface area contributed by atoms with Crippen LogP contribution in [0.5, 0.6) is 0 Å². The first kappa shape index (κ1) is 19.2. The minimum absolute atomic E-state index is 0.0920. The summed E-state index contributed by atoms with van der Waals surface area (Å²) >= 11 is 11.5. The number of nitrogens with one attached hydrogen (secondary N) is 1. The summed E-state index contributed by atoms with van der Waals surface area (Å²) in [6.07, 6.45) is 0.261. The smallest absolute Gasteiger partial charge is 0.340 e. The molecule has 5 nitrogen and oxygen atoms in total. The number of hydrogen-bond acceptors (Lipinski definition) is 4. The molecule has 1 aromatic heterocycles. The fourth-order valence-electron chi connectivity index (χ4n) is 2.42. The molecule has 1 heterocycles. The molecule has 1 amide bonds. The standard InChI is InChI=1S/C18H18Cl2N2O3/c1-9-5-10(2)15(11(3)6-9)22-17(23)12(4)25-18(24)13-7-14(19)16(20)21-8-13/h5-8,12H,1-4H3,(H,22,23)/t12-/m1/s1. The zero-order valence-electron chi connectivity index (χ0n) is 14.3. The Kier molecular flexibility index (Phi) is 6.03. The van der Waals surface area contributed by atoms with Gasteiger partial charge >= 0.3 is 5.97 Å². The Morgan fingerprint density at radius 3 is 2.28 bits per heavy atom. The molecular formula is C18H18Cl2N2O3. The van der Waals surface area contributed by atoms with Crippen LogP contribution in [0, 0.1) is 20.8 Å². The topological polar surface area (TPSA) is 68.3 Å². The van der Waals surface area contributed by atoms with Crippen LogP contribution in [-0.4, -0.2) is 23.0 Å². The van der Waals surface area contributed by atoms with Crippen LogP contribution in [0.3, 0.4) is 0 Å². The van der Waals surface area contributed by atoms with Crippen molar-refractivity contribution in [3.63, 3.8) is 0 Å². The molecule has 0 aliphatic carbocycles. The number of amides is 1. The second-order valence-corrected chi connectivity index (χ2v) is 6.57. The second kappa shape index (κ2) is 7.85. The van der Waals surface area contributed by atoms with Gasteiger partial charge in [-0.3, -0.25) is 4.79 Å². The molecule has 0 saturated heterocycles. The minimum Gasteiger partial charge on any atom is -0.449 e. The van der Waals surface area contributed by atoms with Gasteiger partial charge in [0.1, 0.15) is 5.15 Å². The van der Waals surface area contributed by atoms with Crippen LogP contribution < -0.4 is 5.32 Å². The Balaban J connectivity index is 2.07. The highest BCUT2D eigenvalue weighted by Crippen LogP contribution is 2.23. The van der Waals surface area contributed by atoms with Gasteiger partial charge in [0.2, 0.25) is 0 Å². The van der Waals surface area contributed by atoms with Gasteiger partial charge in [-0.2, -0.15) is 0 Å². The van der Waals surface area contributed by atoms with Crippen LogP contribution in [0.2, 0.25) is 10.2 Å². The monoisotopic (exact) mass is 380 g/mol. The lowest BCUT2D eigenvalue weighted by atomic mass is 10.0. The first-order valence-corrected chi connectivity index (χ1v) is 8.35. The van der Waals surface area contributed by atoms with Crippen molar-refractivity contribution in [2.45, 2.75) is 33.8 Å². The molecule has 132 valence electrons. The molecule has 1 atom stereocenters. The fourth-order valence-corrected chi connectivity index (χ4v) is 2.69. The van der Waals surface area contributed by atoms with Crippen molar-refractivity contribution in [1.29, 1.82) is 0 Å². The number of rotatable bonds is 4. The summed E-state index contributed by atoms with van der Waals surface area (Å²) in [5.41, 5.74) is 3.84. The van der Waals surface area contributed by atoms with E-state index in [4.69, 9.17) is 27.9 Å². The predicted octanol–water partition coefficient (Wildman–Crippen LogP) is 4.50. The average molecular weight is 381 g/mol. The third kappa shape index (κ3) is 4.71. The molecule has 0 unspecified atom stereocenters. The second-order valence-electron chi connectivity index (χ2n) is 5.81. The number of carbonyl (C=O) groups excluding carboxylic acids is 2. The molecule has 0 radical (unpaired) electrons. The number of benzene rings is 1. The molecule has 0 fully saturated rings. The number of anilines is 1. The summed E-state index contributed by atoms with van der Waals surface area (Å²) in [6, 6.07) is 5.29. The number of esters is 1. The third-order valence-electron chi connectivity index (χ3n) is 3.61. The first-order valence-electron chi connectivity index (χ1n) is 7.59. The largest absolute Gasteiger partial charge is 0.449 e. The highest BCUT2D eigenvalue weighted by atomic mass is 35.5. The Morgan fingerprint density at radius 2 is 1.72 bits per heavy atom. The van der Waals surface area contributed by atoms with Gasteiger partial charge in [-0.05, 0) is 44.9 Å². The number of halogens is 2. The van der Waals surface area contributed by atoms with E-state index in [0.717, 1.165) is 22.4 Å². The summed E-state index contributed by atoms with van der Waals surface area (Å²) in [7, 11) is 0. The maximum atomic E-state index is 12.3. The lowest BCUT2D eigenvalue weighted by molar-refractivity contribution is -0.123. The normalized spacial score (nSPS) is 11.8. The van der Waals surface area contributed by atoms with Gasteiger partial charge in [0.15, 0.2) is 6.10 Å². The fraction of sp³-hybridized carbons (Fsp3) is 0.278. The Hall–Kier alpha value is -2.11. The third-order valence-corrected chi connectivity index (χ3v) is 4.30. The van der Waals surface area contributed by atoms with E-state index in [1.165, 1.54) is 19.2 Å². The van der Waals surface area contributed by atoms with E-state index >= 15 is 0 Å². The summed E-state index contributed by atoms with van der Waals surface area (Å²) in [6.45, 7) is 7.31. The summed E-state index contributed by atoms with van der Waals surface area (Å²) in [4.78, 5) is 28.2. The zero-order valence-corrected chi connectivity index (χ0v) is 15.8. The van der Waals surface area contributed by atoms with Gasteiger partial charge in [0.25, 0.3) is 5.91 Å². The summed E-state index contributed by atoms with van der Waals surface area (Å²) in [5, 5.41) is 3.03. The van der Waals surface area contributed by atoms with E-state index in [1.54, 1.807) is 0 Å². The number of carbonyl (C=O) groups is 2. The molecule has 1 N–H and O–H groups in total. The average Bonchev–Trinajstić information content (AvgIpc) is 2.53. The minimum atomic E-state index is -0.984. The van der Waals surface area contributed by atoms with E-state index in [2.05, 4.69) is 10.3 Å². The van der Waals surface area contributed by atoms with E-state index in [0.29, 0.717) is 0 Å². The molecule has 25 heavy (non-hydrogen) atoms. The highest BCUT2D eigenvalue weighted by molar-refractivity contribution is 6.41. The Morgan fingerprint density at radius 1 is 1.12 bits per heavy atom. The molecule has 1 aromatic carbocycles. The zero-order chi connectivity index (χ0) is 18.7. The molecular weight excluding hydrogens is 363 g/mol. The molecule has 0 bridgehead atoms. The van der Waals surface area contributed by atoms with Gasteiger partial charge in [0.05, 0.1) is 10.6 Å². The molecule has 2 aromatic rings. The van der Waals surface area contributed by atoms with Gasteiger partial charge in [-0.15, -0.1) is 0 Å². The Bertz CT molecular complexity index is 814. The van der Waals surface area contributed by atoms with Gasteiger partial charge in [-0.1, -0.05) is 40.9 Å². The number of aryl methyl sites for hydroxylation is 3. The lowest BCUT2D eigenvalue weighted by Gasteiger charge is -2.17. The maximum absolute atomic E-state index is 12.3. The van der Waals surface area contributed by atoms with Crippen molar-refractivity contribution in [3.8, 4) is 0 Å². The van der Waals surface area contributed by atoms with Gasteiger partial charge in [0, 0.05) is 11.9 Å². The summed E-state index contributed by atoms with van der Waals surface area (Å²) in [5.74, 6) is -1.12. The number of aromatic nitrogens is 1. The molecule has 0 spiro atoms. The quantitative estimate of drug-likeness (QED) is 0.626. The van der Waals surface area contributed by atoms with Crippen LogP contribution >= 0.6 is 23.2 Å². The molecule has 0 saturated carbocycles. The number of pyridine rings is 1. The SMILES string of the molecule is Cc1cc(C)c(NC(=O)[C@@H](C)OC(=O)c2cnc(Cl)c(Cl)c2)c(C)c1. The number of ether oxygens (including phenoxy) is 1. The van der Waals surface area contributed by atoms with Crippen molar-refractivity contribution >= 4 is 40.8 Å². The van der Waals surface area contributed by atoms with E-state index in [9.17, 15) is 9.59 Å². The molecule has 7 heteroatoms. The number of hydrogen-bond donors (Lipinski definition) is 1. The summed E-state index contributed by atoms with van der Waals surface area (Å²) < 4.78 is 5.18. The highest BCUT2D eigenvalue weighted by Gasteiger charge is 2.21. The van der Waals surface area contributed by atoms with Crippen LogP contribution in [-0.2, 0) is 9.53 Å². The molecule has 0 aliphatic rings. The molecule has 0 aliphatic heterocycles. The predicted molar refractivity (Wildman–Crippen MR) is 98.4 cm³/mol. The van der Waals surface area contributed by atoms with E-state index in [1.807, 2.05) is 32.9 Å².